The number of halogens is 4. The van der Waals surface area contributed by atoms with Crippen molar-refractivity contribution in [3.05, 3.63) is 73.4 Å². The van der Waals surface area contributed by atoms with Gasteiger partial charge in [-0.25, -0.2) is 8.42 Å². The largest absolute Gasteiger partial charge is 0.276 e. The van der Waals surface area contributed by atoms with Crippen LogP contribution < -0.4 is 4.72 Å². The molecule has 1 heterocycles. The summed E-state index contributed by atoms with van der Waals surface area (Å²) in [5, 5.41) is 5.77. The van der Waals surface area contributed by atoms with Crippen LogP contribution in [0.15, 0.2) is 41.3 Å². The van der Waals surface area contributed by atoms with Crippen LogP contribution >= 0.6 is 46.4 Å². The highest BCUT2D eigenvalue weighted by atomic mass is 35.5. The summed E-state index contributed by atoms with van der Waals surface area (Å²) in [7, 11) is -3.96. The number of aromatic nitrogens is 2. The van der Waals surface area contributed by atoms with Gasteiger partial charge in [-0.3, -0.25) is 9.40 Å². The van der Waals surface area contributed by atoms with Crippen LogP contribution in [-0.2, 0) is 16.6 Å². The zero-order chi connectivity index (χ0) is 20.6. The van der Waals surface area contributed by atoms with Crippen molar-refractivity contribution in [2.75, 3.05) is 4.72 Å². The van der Waals surface area contributed by atoms with E-state index in [0.29, 0.717) is 39.2 Å². The number of rotatable bonds is 5. The van der Waals surface area contributed by atoms with Gasteiger partial charge in [-0.2, -0.15) is 5.10 Å². The van der Waals surface area contributed by atoms with Crippen LogP contribution in [-0.4, -0.2) is 18.2 Å². The van der Waals surface area contributed by atoms with Gasteiger partial charge >= 0.3 is 0 Å². The molecule has 0 aliphatic carbocycles. The van der Waals surface area contributed by atoms with Crippen molar-refractivity contribution in [3.63, 3.8) is 0 Å². The Hall–Kier alpha value is -1.44. The van der Waals surface area contributed by atoms with Gasteiger partial charge in [-0.15, -0.1) is 0 Å². The standard InChI is InChI=1S/C18H15Cl4N3O2S/c1-10-18(24-28(26,27)17-8-12(19)6-7-16(17)22)11(2)25(23-10)9-13-14(20)4-3-5-15(13)21/h3-8,24H,9H2,1-2H3. The maximum Gasteiger partial charge on any atom is 0.263 e. The molecular weight excluding hydrogens is 464 g/mol. The first-order valence-electron chi connectivity index (χ1n) is 8.05. The van der Waals surface area contributed by atoms with Gasteiger partial charge in [-0.05, 0) is 44.2 Å². The fraction of sp³-hybridized carbons (Fsp3) is 0.167. The normalized spacial score (nSPS) is 11.6. The number of nitrogens with zero attached hydrogens (tertiary/aromatic N) is 2. The van der Waals surface area contributed by atoms with Gasteiger partial charge in [0.15, 0.2) is 0 Å². The van der Waals surface area contributed by atoms with Crippen LogP contribution in [0.5, 0.6) is 0 Å². The highest BCUT2D eigenvalue weighted by Crippen LogP contribution is 2.30. The summed E-state index contributed by atoms with van der Waals surface area (Å²) in [6.07, 6.45) is 0. The van der Waals surface area contributed by atoms with E-state index in [0.717, 1.165) is 0 Å². The molecule has 28 heavy (non-hydrogen) atoms. The minimum Gasteiger partial charge on any atom is -0.276 e. The molecule has 0 amide bonds. The molecule has 148 valence electrons. The number of sulfonamides is 1. The van der Waals surface area contributed by atoms with E-state index in [-0.39, 0.29) is 14.9 Å². The lowest BCUT2D eigenvalue weighted by atomic mass is 10.2. The lowest BCUT2D eigenvalue weighted by molar-refractivity contribution is 0.601. The van der Waals surface area contributed by atoms with Gasteiger partial charge in [0, 0.05) is 20.6 Å². The molecule has 0 saturated carbocycles. The first-order chi connectivity index (χ1) is 13.1. The zero-order valence-corrected chi connectivity index (χ0v) is 18.6. The average Bonchev–Trinajstić information content (AvgIpc) is 2.87. The number of anilines is 1. The van der Waals surface area contributed by atoms with E-state index in [4.69, 9.17) is 46.4 Å². The van der Waals surface area contributed by atoms with E-state index in [1.54, 1.807) is 36.7 Å². The SMILES string of the molecule is Cc1nn(Cc2c(Cl)cccc2Cl)c(C)c1NS(=O)(=O)c1cc(Cl)ccc1Cl. The van der Waals surface area contributed by atoms with Crippen molar-refractivity contribution in [2.24, 2.45) is 0 Å². The van der Waals surface area contributed by atoms with Gasteiger partial charge in [0.05, 0.1) is 28.6 Å². The van der Waals surface area contributed by atoms with Gasteiger partial charge in [-0.1, -0.05) is 52.5 Å². The lowest BCUT2D eigenvalue weighted by Gasteiger charge is -2.11. The van der Waals surface area contributed by atoms with Gasteiger partial charge in [0.2, 0.25) is 0 Å². The molecule has 3 rings (SSSR count). The van der Waals surface area contributed by atoms with Crippen molar-refractivity contribution in [2.45, 2.75) is 25.3 Å². The molecule has 3 aromatic rings. The molecule has 0 spiro atoms. The molecule has 0 saturated heterocycles. The second-order valence-corrected chi connectivity index (χ2v) is 9.39. The van der Waals surface area contributed by atoms with Crippen LogP contribution in [0.3, 0.4) is 0 Å². The Morgan fingerprint density at radius 1 is 1.00 bits per heavy atom. The fourth-order valence-electron chi connectivity index (χ4n) is 2.70. The van der Waals surface area contributed by atoms with E-state index in [1.807, 2.05) is 0 Å². The summed E-state index contributed by atoms with van der Waals surface area (Å²) >= 11 is 24.4. The summed E-state index contributed by atoms with van der Waals surface area (Å²) < 4.78 is 29.8. The molecule has 0 unspecified atom stereocenters. The van der Waals surface area contributed by atoms with E-state index in [2.05, 4.69) is 9.82 Å². The highest BCUT2D eigenvalue weighted by Gasteiger charge is 2.23. The van der Waals surface area contributed by atoms with E-state index in [9.17, 15) is 8.42 Å². The van der Waals surface area contributed by atoms with Gasteiger partial charge in [0.25, 0.3) is 10.0 Å². The number of aryl methyl sites for hydroxylation is 1. The molecule has 1 aromatic heterocycles. The molecule has 0 bridgehead atoms. The van der Waals surface area contributed by atoms with Crippen molar-refractivity contribution in [1.29, 1.82) is 0 Å². The quantitative estimate of drug-likeness (QED) is 0.491. The second kappa shape index (κ2) is 8.13. The van der Waals surface area contributed by atoms with Crippen molar-refractivity contribution in [3.8, 4) is 0 Å². The maximum atomic E-state index is 12.8. The Labute approximate surface area is 183 Å². The molecule has 0 aliphatic heterocycles. The monoisotopic (exact) mass is 477 g/mol. The average molecular weight is 479 g/mol. The van der Waals surface area contributed by atoms with Gasteiger partial charge in [0.1, 0.15) is 4.90 Å². The first kappa shape index (κ1) is 21.3. The third-order valence-electron chi connectivity index (χ3n) is 4.17. The van der Waals surface area contributed by atoms with Crippen LogP contribution in [0.25, 0.3) is 0 Å². The molecule has 5 nitrogen and oxygen atoms in total. The molecule has 0 aliphatic rings. The molecule has 1 N–H and O–H groups in total. The Bertz CT molecular complexity index is 1140. The van der Waals surface area contributed by atoms with Crippen LogP contribution in [0.4, 0.5) is 5.69 Å². The van der Waals surface area contributed by atoms with Crippen LogP contribution in [0.2, 0.25) is 20.1 Å². The Kier molecular flexibility index (Phi) is 6.17. The summed E-state index contributed by atoms with van der Waals surface area (Å²) in [6.45, 7) is 3.75. The maximum absolute atomic E-state index is 12.8. The molecule has 0 atom stereocenters. The fourth-order valence-corrected chi connectivity index (χ4v) is 5.16. The van der Waals surface area contributed by atoms with E-state index >= 15 is 0 Å². The molecule has 0 fully saturated rings. The van der Waals surface area contributed by atoms with E-state index in [1.165, 1.54) is 18.2 Å². The Morgan fingerprint density at radius 3 is 2.29 bits per heavy atom. The molecule has 10 heteroatoms. The summed E-state index contributed by atoms with van der Waals surface area (Å²) in [4.78, 5) is -0.109. The predicted octanol–water partition coefficient (Wildman–Crippen LogP) is 5.96. The summed E-state index contributed by atoms with van der Waals surface area (Å²) in [6, 6.07) is 9.47. The molecular formula is C18H15Cl4N3O2S. The third-order valence-corrected chi connectivity index (χ3v) is 6.94. The van der Waals surface area contributed by atoms with Gasteiger partial charge < -0.3 is 0 Å². The smallest absolute Gasteiger partial charge is 0.263 e. The first-order valence-corrected chi connectivity index (χ1v) is 11.0. The summed E-state index contributed by atoms with van der Waals surface area (Å²) in [5.74, 6) is 0. The highest BCUT2D eigenvalue weighted by molar-refractivity contribution is 7.92. The molecule has 2 aromatic carbocycles. The number of benzene rings is 2. The van der Waals surface area contributed by atoms with Crippen molar-refractivity contribution < 1.29 is 8.42 Å². The molecule has 0 radical (unpaired) electrons. The van der Waals surface area contributed by atoms with Crippen LogP contribution in [0.1, 0.15) is 17.0 Å². The number of hydrogen-bond acceptors (Lipinski definition) is 3. The summed E-state index contributed by atoms with van der Waals surface area (Å²) in [5.41, 5.74) is 2.17. The Morgan fingerprint density at radius 2 is 1.64 bits per heavy atom. The predicted molar refractivity (Wildman–Crippen MR) is 115 cm³/mol. The zero-order valence-electron chi connectivity index (χ0n) is 14.8. The van der Waals surface area contributed by atoms with Crippen molar-refractivity contribution in [1.82, 2.24) is 9.78 Å². The Balaban J connectivity index is 1.97. The third kappa shape index (κ3) is 4.26. The van der Waals surface area contributed by atoms with E-state index < -0.39 is 10.0 Å². The number of nitrogens with one attached hydrogen (secondary N) is 1. The van der Waals surface area contributed by atoms with Crippen molar-refractivity contribution >= 4 is 62.1 Å². The topological polar surface area (TPSA) is 64.0 Å². The lowest BCUT2D eigenvalue weighted by Crippen LogP contribution is -2.15. The number of hydrogen-bond donors (Lipinski definition) is 1. The minimum atomic E-state index is -3.96. The second-order valence-electron chi connectivity index (χ2n) is 6.08. The minimum absolute atomic E-state index is 0.0717. The van der Waals surface area contributed by atoms with Crippen LogP contribution in [0, 0.1) is 13.8 Å².